The fraction of sp³-hybridized carbons (Fsp3) is 0.278. The monoisotopic (exact) mass is 397 g/mol. The van der Waals surface area contributed by atoms with Gasteiger partial charge in [-0.25, -0.2) is 13.1 Å². The standard InChI is InChI=1S/C18H23N3O3S.ClH/c1-2-4-14-7-9-15(10-8-14)18(22)21-16-5-3-6-17(13-16)25(23,24)20-12-11-19;/h3,5-10,13,20H,2,4,11-12,19H2,1H3,(H,21,22);1H. The van der Waals surface area contributed by atoms with Crippen LogP contribution >= 0.6 is 12.4 Å². The number of benzene rings is 2. The van der Waals surface area contributed by atoms with E-state index in [0.29, 0.717) is 11.3 Å². The third-order valence-electron chi connectivity index (χ3n) is 3.59. The molecule has 8 heteroatoms. The molecule has 0 unspecified atom stereocenters. The molecular weight excluding hydrogens is 374 g/mol. The van der Waals surface area contributed by atoms with Gasteiger partial charge in [-0.2, -0.15) is 0 Å². The number of aryl methyl sites for hydroxylation is 1. The van der Waals surface area contributed by atoms with E-state index < -0.39 is 10.0 Å². The first-order chi connectivity index (χ1) is 12.0. The fourth-order valence-electron chi connectivity index (χ4n) is 2.33. The van der Waals surface area contributed by atoms with Gasteiger partial charge in [-0.15, -0.1) is 12.4 Å². The van der Waals surface area contributed by atoms with Gasteiger partial charge in [0, 0.05) is 24.3 Å². The highest BCUT2D eigenvalue weighted by atomic mass is 35.5. The lowest BCUT2D eigenvalue weighted by Gasteiger charge is -2.09. The average Bonchev–Trinajstić information content (AvgIpc) is 2.61. The molecule has 26 heavy (non-hydrogen) atoms. The Bertz CT molecular complexity index is 824. The van der Waals surface area contributed by atoms with Crippen molar-refractivity contribution in [3.63, 3.8) is 0 Å². The van der Waals surface area contributed by atoms with Crippen LogP contribution in [0.1, 0.15) is 29.3 Å². The molecule has 0 aliphatic heterocycles. The highest BCUT2D eigenvalue weighted by molar-refractivity contribution is 7.89. The van der Waals surface area contributed by atoms with Crippen LogP contribution in [0.5, 0.6) is 0 Å². The molecule has 0 bridgehead atoms. The quantitative estimate of drug-likeness (QED) is 0.637. The van der Waals surface area contributed by atoms with Gasteiger partial charge < -0.3 is 11.1 Å². The molecule has 0 saturated heterocycles. The van der Waals surface area contributed by atoms with Gasteiger partial charge in [-0.3, -0.25) is 4.79 Å². The van der Waals surface area contributed by atoms with E-state index in [9.17, 15) is 13.2 Å². The van der Waals surface area contributed by atoms with Gasteiger partial charge in [0.15, 0.2) is 0 Å². The van der Waals surface area contributed by atoms with Crippen molar-refractivity contribution in [1.82, 2.24) is 4.72 Å². The summed E-state index contributed by atoms with van der Waals surface area (Å²) in [6, 6.07) is 13.5. The molecule has 0 aliphatic rings. The molecule has 0 aliphatic carbocycles. The minimum atomic E-state index is -3.64. The Labute approximate surface area is 160 Å². The molecule has 0 radical (unpaired) electrons. The summed E-state index contributed by atoms with van der Waals surface area (Å²) in [6.07, 6.45) is 2.02. The molecule has 0 heterocycles. The molecule has 0 saturated carbocycles. The van der Waals surface area contributed by atoms with Crippen LogP contribution in [0.2, 0.25) is 0 Å². The Balaban J connectivity index is 0.00000338. The van der Waals surface area contributed by atoms with Crippen molar-refractivity contribution in [2.75, 3.05) is 18.4 Å². The third-order valence-corrected chi connectivity index (χ3v) is 5.05. The van der Waals surface area contributed by atoms with Crippen molar-refractivity contribution in [3.05, 3.63) is 59.7 Å². The van der Waals surface area contributed by atoms with E-state index in [2.05, 4.69) is 17.0 Å². The molecule has 2 aromatic rings. The van der Waals surface area contributed by atoms with Crippen LogP contribution in [-0.2, 0) is 16.4 Å². The van der Waals surface area contributed by atoms with Crippen molar-refractivity contribution in [2.45, 2.75) is 24.7 Å². The van der Waals surface area contributed by atoms with E-state index in [1.165, 1.54) is 17.7 Å². The number of anilines is 1. The number of sulfonamides is 1. The summed E-state index contributed by atoms with van der Waals surface area (Å²) >= 11 is 0. The summed E-state index contributed by atoms with van der Waals surface area (Å²) in [6.45, 7) is 2.47. The maximum atomic E-state index is 12.3. The number of halogens is 1. The second-order valence-corrected chi connectivity index (χ2v) is 7.38. The Hall–Kier alpha value is -1.93. The topological polar surface area (TPSA) is 101 Å². The molecule has 4 N–H and O–H groups in total. The summed E-state index contributed by atoms with van der Waals surface area (Å²) in [5.41, 5.74) is 7.44. The van der Waals surface area contributed by atoms with Crippen LogP contribution in [0.25, 0.3) is 0 Å². The summed E-state index contributed by atoms with van der Waals surface area (Å²) in [4.78, 5) is 12.4. The number of nitrogens with one attached hydrogen (secondary N) is 2. The number of amides is 1. The number of hydrogen-bond acceptors (Lipinski definition) is 4. The van der Waals surface area contributed by atoms with Crippen LogP contribution in [0.15, 0.2) is 53.4 Å². The predicted octanol–water partition coefficient (Wildman–Crippen LogP) is 2.55. The largest absolute Gasteiger partial charge is 0.329 e. The molecule has 0 spiro atoms. The van der Waals surface area contributed by atoms with Crippen LogP contribution < -0.4 is 15.8 Å². The molecule has 0 fully saturated rings. The van der Waals surface area contributed by atoms with E-state index in [1.807, 2.05) is 12.1 Å². The van der Waals surface area contributed by atoms with Crippen LogP contribution in [0.4, 0.5) is 5.69 Å². The van der Waals surface area contributed by atoms with Gasteiger partial charge in [-0.1, -0.05) is 31.5 Å². The summed E-state index contributed by atoms with van der Waals surface area (Å²) in [7, 11) is -3.64. The van der Waals surface area contributed by atoms with E-state index in [4.69, 9.17) is 5.73 Å². The first-order valence-corrected chi connectivity index (χ1v) is 9.64. The number of carbonyl (C=O) groups is 1. The minimum absolute atomic E-state index is 0. The number of carbonyl (C=O) groups excluding carboxylic acids is 1. The van der Waals surface area contributed by atoms with E-state index >= 15 is 0 Å². The first-order valence-electron chi connectivity index (χ1n) is 8.16. The van der Waals surface area contributed by atoms with E-state index in [-0.39, 0.29) is 36.3 Å². The Morgan fingerprint density at radius 2 is 1.81 bits per heavy atom. The van der Waals surface area contributed by atoms with Gasteiger partial charge in [0.05, 0.1) is 4.90 Å². The SMILES string of the molecule is CCCc1ccc(C(=O)Nc2cccc(S(=O)(=O)NCCN)c2)cc1.Cl. The summed E-state index contributed by atoms with van der Waals surface area (Å²) < 4.78 is 26.6. The molecule has 2 rings (SSSR count). The summed E-state index contributed by atoms with van der Waals surface area (Å²) in [5, 5.41) is 2.72. The van der Waals surface area contributed by atoms with Crippen molar-refractivity contribution in [1.29, 1.82) is 0 Å². The number of nitrogens with two attached hydrogens (primary N) is 1. The molecule has 0 aromatic heterocycles. The molecular formula is C18H24ClN3O3S. The predicted molar refractivity (Wildman–Crippen MR) is 106 cm³/mol. The third kappa shape index (κ3) is 6.10. The molecule has 2 aromatic carbocycles. The lowest BCUT2D eigenvalue weighted by atomic mass is 10.1. The van der Waals surface area contributed by atoms with Gasteiger partial charge >= 0.3 is 0 Å². The van der Waals surface area contributed by atoms with Crippen molar-refractivity contribution in [2.24, 2.45) is 5.73 Å². The van der Waals surface area contributed by atoms with Gasteiger partial charge in [0.25, 0.3) is 5.91 Å². The van der Waals surface area contributed by atoms with Gasteiger partial charge in [0.1, 0.15) is 0 Å². The maximum absolute atomic E-state index is 12.3. The van der Waals surface area contributed by atoms with Crippen molar-refractivity contribution < 1.29 is 13.2 Å². The van der Waals surface area contributed by atoms with Crippen LogP contribution in [-0.4, -0.2) is 27.4 Å². The second-order valence-electron chi connectivity index (χ2n) is 5.62. The molecule has 0 atom stereocenters. The first kappa shape index (κ1) is 22.1. The van der Waals surface area contributed by atoms with Crippen LogP contribution in [0, 0.1) is 0 Å². The zero-order valence-corrected chi connectivity index (χ0v) is 16.2. The zero-order valence-electron chi connectivity index (χ0n) is 14.6. The molecule has 6 nitrogen and oxygen atoms in total. The Morgan fingerprint density at radius 3 is 2.42 bits per heavy atom. The Kier molecular flexibility index (Phi) is 8.74. The second kappa shape index (κ2) is 10.3. The lowest BCUT2D eigenvalue weighted by molar-refractivity contribution is 0.102. The van der Waals surface area contributed by atoms with E-state index in [1.54, 1.807) is 24.3 Å². The zero-order chi connectivity index (χ0) is 18.3. The fourth-order valence-corrected chi connectivity index (χ4v) is 3.43. The summed E-state index contributed by atoms with van der Waals surface area (Å²) in [5.74, 6) is -0.285. The Morgan fingerprint density at radius 1 is 1.12 bits per heavy atom. The minimum Gasteiger partial charge on any atom is -0.329 e. The highest BCUT2D eigenvalue weighted by Crippen LogP contribution is 2.16. The molecule has 1 amide bonds. The smallest absolute Gasteiger partial charge is 0.255 e. The van der Waals surface area contributed by atoms with Crippen molar-refractivity contribution >= 4 is 34.0 Å². The van der Waals surface area contributed by atoms with Gasteiger partial charge in [0.2, 0.25) is 10.0 Å². The number of hydrogen-bond donors (Lipinski definition) is 3. The maximum Gasteiger partial charge on any atom is 0.255 e. The highest BCUT2D eigenvalue weighted by Gasteiger charge is 2.14. The lowest BCUT2D eigenvalue weighted by Crippen LogP contribution is -2.29. The average molecular weight is 398 g/mol. The number of rotatable bonds is 8. The van der Waals surface area contributed by atoms with E-state index in [0.717, 1.165) is 12.8 Å². The van der Waals surface area contributed by atoms with Gasteiger partial charge in [-0.05, 0) is 42.3 Å². The molecule has 142 valence electrons. The normalized spacial score (nSPS) is 10.8. The van der Waals surface area contributed by atoms with Crippen LogP contribution in [0.3, 0.4) is 0 Å². The van der Waals surface area contributed by atoms with Crippen molar-refractivity contribution in [3.8, 4) is 0 Å².